The molecule has 21 heavy (non-hydrogen) atoms. The second-order valence-corrected chi connectivity index (χ2v) is 6.12. The fraction of sp³-hybridized carbons (Fsp3) is 0.688. The Kier molecular flexibility index (Phi) is 4.19. The number of rotatable bonds is 3. The van der Waals surface area contributed by atoms with Gasteiger partial charge in [-0.05, 0) is 32.1 Å². The predicted octanol–water partition coefficient (Wildman–Crippen LogP) is 2.20. The van der Waals surface area contributed by atoms with Crippen LogP contribution in [0.3, 0.4) is 0 Å². The molecule has 2 unspecified atom stereocenters. The van der Waals surface area contributed by atoms with Gasteiger partial charge in [0.25, 0.3) is 0 Å². The van der Waals surface area contributed by atoms with Crippen LogP contribution in [0.15, 0.2) is 0 Å². The van der Waals surface area contributed by atoms with E-state index in [9.17, 15) is 4.79 Å². The van der Waals surface area contributed by atoms with Crippen molar-refractivity contribution in [1.82, 2.24) is 15.3 Å². The number of aromatic nitrogens is 2. The van der Waals surface area contributed by atoms with Gasteiger partial charge in [-0.25, -0.2) is 14.8 Å². The molecule has 114 valence electrons. The maximum Gasteiger partial charge on any atom is 0.357 e. The highest BCUT2D eigenvalue weighted by atomic mass is 16.5. The summed E-state index contributed by atoms with van der Waals surface area (Å²) in [5.41, 5.74) is 2.43. The average molecular weight is 289 g/mol. The Morgan fingerprint density at radius 2 is 2.24 bits per heavy atom. The fourth-order valence-electron chi connectivity index (χ4n) is 3.35. The van der Waals surface area contributed by atoms with E-state index in [-0.39, 0.29) is 5.97 Å². The van der Waals surface area contributed by atoms with Crippen molar-refractivity contribution in [2.75, 3.05) is 13.2 Å². The zero-order valence-electron chi connectivity index (χ0n) is 12.8. The third-order valence-corrected chi connectivity index (χ3v) is 4.48. The molecular weight excluding hydrogens is 266 g/mol. The average Bonchev–Trinajstić information content (AvgIpc) is 2.93. The van der Waals surface area contributed by atoms with Gasteiger partial charge in [-0.3, -0.25) is 0 Å². The van der Waals surface area contributed by atoms with Gasteiger partial charge in [0.2, 0.25) is 0 Å². The van der Waals surface area contributed by atoms with Gasteiger partial charge in [-0.1, -0.05) is 6.92 Å². The summed E-state index contributed by atoms with van der Waals surface area (Å²) in [4.78, 5) is 21.6. The molecule has 2 atom stereocenters. The van der Waals surface area contributed by atoms with Crippen LogP contribution in [0.2, 0.25) is 0 Å². The smallest absolute Gasteiger partial charge is 0.357 e. The summed E-state index contributed by atoms with van der Waals surface area (Å²) in [6.45, 7) is 6.04. The number of hydrogen-bond acceptors (Lipinski definition) is 5. The zero-order valence-corrected chi connectivity index (χ0v) is 12.8. The minimum Gasteiger partial charge on any atom is -0.461 e. The maximum atomic E-state index is 12.2. The molecular formula is C16H23N3O2. The van der Waals surface area contributed by atoms with Gasteiger partial charge < -0.3 is 10.1 Å². The Morgan fingerprint density at radius 3 is 2.95 bits per heavy atom. The molecule has 1 aromatic rings. The largest absolute Gasteiger partial charge is 0.461 e. The van der Waals surface area contributed by atoms with E-state index < -0.39 is 0 Å². The van der Waals surface area contributed by atoms with Crippen molar-refractivity contribution in [3.8, 4) is 0 Å². The van der Waals surface area contributed by atoms with Crippen molar-refractivity contribution < 1.29 is 9.53 Å². The Bertz CT molecular complexity index is 545. The fourth-order valence-corrected chi connectivity index (χ4v) is 3.35. The molecule has 0 aromatic carbocycles. The number of carbonyl (C=O) groups excluding carboxylic acids is 1. The molecule has 1 fully saturated rings. The first-order chi connectivity index (χ1) is 10.2. The third-order valence-electron chi connectivity index (χ3n) is 4.48. The van der Waals surface area contributed by atoms with E-state index in [4.69, 9.17) is 9.72 Å². The van der Waals surface area contributed by atoms with E-state index in [0.29, 0.717) is 24.8 Å². The van der Waals surface area contributed by atoms with Crippen molar-refractivity contribution in [1.29, 1.82) is 0 Å². The lowest BCUT2D eigenvalue weighted by Crippen LogP contribution is -2.29. The van der Waals surface area contributed by atoms with Gasteiger partial charge in [0.05, 0.1) is 12.3 Å². The van der Waals surface area contributed by atoms with Crippen LogP contribution in [0.5, 0.6) is 0 Å². The van der Waals surface area contributed by atoms with Crippen molar-refractivity contribution >= 4 is 5.97 Å². The minimum atomic E-state index is -0.313. The molecule has 3 rings (SSSR count). The van der Waals surface area contributed by atoms with Gasteiger partial charge in [-0.2, -0.15) is 0 Å². The molecule has 1 saturated carbocycles. The Hall–Kier alpha value is -1.49. The van der Waals surface area contributed by atoms with E-state index in [1.807, 2.05) is 6.92 Å². The first kappa shape index (κ1) is 14.4. The van der Waals surface area contributed by atoms with Gasteiger partial charge in [0.15, 0.2) is 5.69 Å². The van der Waals surface area contributed by atoms with Crippen LogP contribution in [0.25, 0.3) is 0 Å². The maximum absolute atomic E-state index is 12.2. The number of carbonyl (C=O) groups is 1. The standard InChI is InChI=1S/C16H23N3O2/c1-3-21-16(20)14-12-9-17-7-6-13(12)18-15(19-14)11-5-4-10(2)8-11/h10-11,17H,3-9H2,1-2H3. The molecule has 1 N–H and O–H groups in total. The quantitative estimate of drug-likeness (QED) is 0.864. The third kappa shape index (κ3) is 2.93. The number of fused-ring (bicyclic) bond motifs is 1. The summed E-state index contributed by atoms with van der Waals surface area (Å²) in [6, 6.07) is 0. The molecule has 1 aliphatic heterocycles. The summed E-state index contributed by atoms with van der Waals surface area (Å²) >= 11 is 0. The van der Waals surface area contributed by atoms with Crippen molar-refractivity contribution in [2.45, 2.75) is 52.0 Å². The lowest BCUT2D eigenvalue weighted by Gasteiger charge is -2.20. The number of esters is 1. The molecule has 0 amide bonds. The lowest BCUT2D eigenvalue weighted by atomic mass is 10.0. The van der Waals surface area contributed by atoms with Crippen LogP contribution in [0.1, 0.15) is 66.6 Å². The molecule has 1 aromatic heterocycles. The van der Waals surface area contributed by atoms with Crippen molar-refractivity contribution in [3.05, 3.63) is 22.8 Å². The summed E-state index contributed by atoms with van der Waals surface area (Å²) in [5.74, 6) is 1.66. The zero-order chi connectivity index (χ0) is 14.8. The van der Waals surface area contributed by atoms with Crippen LogP contribution in [0, 0.1) is 5.92 Å². The van der Waals surface area contributed by atoms with Crippen molar-refractivity contribution in [3.63, 3.8) is 0 Å². The van der Waals surface area contributed by atoms with Gasteiger partial charge in [-0.15, -0.1) is 0 Å². The van der Waals surface area contributed by atoms with E-state index >= 15 is 0 Å². The van der Waals surface area contributed by atoms with Crippen LogP contribution in [0.4, 0.5) is 0 Å². The molecule has 0 spiro atoms. The van der Waals surface area contributed by atoms with Crippen LogP contribution >= 0.6 is 0 Å². The summed E-state index contributed by atoms with van der Waals surface area (Å²) in [5, 5.41) is 3.29. The number of hydrogen-bond donors (Lipinski definition) is 1. The molecule has 0 bridgehead atoms. The summed E-state index contributed by atoms with van der Waals surface area (Å²) < 4.78 is 5.18. The second kappa shape index (κ2) is 6.10. The summed E-state index contributed by atoms with van der Waals surface area (Å²) in [6.07, 6.45) is 4.33. The first-order valence-corrected chi connectivity index (χ1v) is 7.96. The lowest BCUT2D eigenvalue weighted by molar-refractivity contribution is 0.0516. The van der Waals surface area contributed by atoms with Crippen molar-refractivity contribution in [2.24, 2.45) is 5.92 Å². The van der Waals surface area contributed by atoms with Crippen LogP contribution in [-0.2, 0) is 17.7 Å². The van der Waals surface area contributed by atoms with E-state index in [1.54, 1.807) is 0 Å². The number of ether oxygens (including phenoxy) is 1. The van der Waals surface area contributed by atoms with Gasteiger partial charge >= 0.3 is 5.97 Å². The Morgan fingerprint density at radius 1 is 1.38 bits per heavy atom. The topological polar surface area (TPSA) is 64.1 Å². The van der Waals surface area contributed by atoms with Gasteiger partial charge in [0.1, 0.15) is 5.82 Å². The molecule has 2 aliphatic rings. The molecule has 5 heteroatoms. The predicted molar refractivity (Wildman–Crippen MR) is 79.2 cm³/mol. The monoisotopic (exact) mass is 289 g/mol. The Labute approximate surface area is 125 Å². The highest BCUT2D eigenvalue weighted by Crippen LogP contribution is 2.37. The highest BCUT2D eigenvalue weighted by Gasteiger charge is 2.29. The van der Waals surface area contributed by atoms with E-state index in [2.05, 4.69) is 17.2 Å². The number of nitrogens with zero attached hydrogens (tertiary/aromatic N) is 2. The summed E-state index contributed by atoms with van der Waals surface area (Å²) in [7, 11) is 0. The van der Waals surface area contributed by atoms with Crippen LogP contribution < -0.4 is 5.32 Å². The number of nitrogens with one attached hydrogen (secondary N) is 1. The second-order valence-electron chi connectivity index (χ2n) is 6.12. The molecule has 0 radical (unpaired) electrons. The SMILES string of the molecule is CCOC(=O)c1nc(C2CCC(C)C2)nc2c1CNCC2. The van der Waals surface area contributed by atoms with Crippen LogP contribution in [-0.4, -0.2) is 29.1 Å². The first-order valence-electron chi connectivity index (χ1n) is 7.96. The molecule has 0 saturated heterocycles. The normalized spacial score (nSPS) is 24.7. The molecule has 2 heterocycles. The minimum absolute atomic E-state index is 0.313. The van der Waals surface area contributed by atoms with E-state index in [0.717, 1.165) is 48.8 Å². The van der Waals surface area contributed by atoms with Gasteiger partial charge in [0, 0.05) is 31.0 Å². The molecule has 1 aliphatic carbocycles. The highest BCUT2D eigenvalue weighted by molar-refractivity contribution is 5.89. The molecule has 5 nitrogen and oxygen atoms in total. The van der Waals surface area contributed by atoms with E-state index in [1.165, 1.54) is 6.42 Å². The Balaban J connectivity index is 1.98.